The number of likely N-dealkylation sites (N-methyl/N-ethyl adjacent to an activating group) is 1. The summed E-state index contributed by atoms with van der Waals surface area (Å²) in [5.41, 5.74) is 7.52. The summed E-state index contributed by atoms with van der Waals surface area (Å²) in [6.07, 6.45) is 0. The summed E-state index contributed by atoms with van der Waals surface area (Å²) in [4.78, 5) is 17.0. The van der Waals surface area contributed by atoms with Crippen molar-refractivity contribution in [3.05, 3.63) is 29.8 Å². The first kappa shape index (κ1) is 14.9. The molecular formula is C16H25N3O. The van der Waals surface area contributed by atoms with E-state index in [1.54, 1.807) is 0 Å². The first-order valence-electron chi connectivity index (χ1n) is 7.41. The Hall–Kier alpha value is -1.55. The summed E-state index contributed by atoms with van der Waals surface area (Å²) < 4.78 is 0. The van der Waals surface area contributed by atoms with Crippen LogP contribution in [-0.2, 0) is 4.79 Å². The monoisotopic (exact) mass is 275 g/mol. The molecule has 1 aliphatic rings. The third kappa shape index (κ3) is 3.12. The van der Waals surface area contributed by atoms with Crippen LogP contribution in [-0.4, -0.2) is 47.9 Å². The molecule has 1 saturated heterocycles. The van der Waals surface area contributed by atoms with E-state index in [1.165, 1.54) is 0 Å². The van der Waals surface area contributed by atoms with E-state index < -0.39 is 0 Å². The second kappa shape index (κ2) is 6.27. The summed E-state index contributed by atoms with van der Waals surface area (Å²) in [7, 11) is 0. The zero-order chi connectivity index (χ0) is 14.7. The van der Waals surface area contributed by atoms with Gasteiger partial charge in [-0.25, -0.2) is 0 Å². The quantitative estimate of drug-likeness (QED) is 0.858. The molecule has 4 heteroatoms. The molecule has 0 bridgehead atoms. The summed E-state index contributed by atoms with van der Waals surface area (Å²) in [5.74, 6) is 0.0806. The minimum atomic E-state index is -0.126. The molecule has 0 aliphatic carbocycles. The normalized spacial score (nSPS) is 21.8. The van der Waals surface area contributed by atoms with Crippen molar-refractivity contribution in [3.8, 4) is 0 Å². The minimum Gasteiger partial charge on any atom is -0.399 e. The number of carbonyl (C=O) groups is 1. The Labute approximate surface area is 121 Å². The molecule has 1 heterocycles. The number of nitrogen functional groups attached to an aromatic ring is 1. The van der Waals surface area contributed by atoms with Gasteiger partial charge in [-0.1, -0.05) is 19.1 Å². The van der Waals surface area contributed by atoms with Crippen LogP contribution in [0.15, 0.2) is 24.3 Å². The highest BCUT2D eigenvalue weighted by atomic mass is 16.2. The standard InChI is InChI=1S/C16H25N3O/c1-4-18-8-9-19(11-12(18)2)16(20)13(3)14-6-5-7-15(17)10-14/h5-7,10,12-13H,4,8-9,11,17H2,1-3H3. The zero-order valence-corrected chi connectivity index (χ0v) is 12.7. The van der Waals surface area contributed by atoms with Crippen molar-refractivity contribution in [1.82, 2.24) is 9.80 Å². The smallest absolute Gasteiger partial charge is 0.229 e. The van der Waals surface area contributed by atoms with E-state index in [2.05, 4.69) is 18.7 Å². The fourth-order valence-corrected chi connectivity index (χ4v) is 2.91. The third-order valence-corrected chi connectivity index (χ3v) is 4.26. The highest BCUT2D eigenvalue weighted by Gasteiger charge is 2.28. The van der Waals surface area contributed by atoms with Crippen LogP contribution in [0.25, 0.3) is 0 Å². The molecule has 110 valence electrons. The fraction of sp³-hybridized carbons (Fsp3) is 0.562. The van der Waals surface area contributed by atoms with Gasteiger partial charge in [0.2, 0.25) is 5.91 Å². The Balaban J connectivity index is 2.04. The molecule has 20 heavy (non-hydrogen) atoms. The lowest BCUT2D eigenvalue weighted by Gasteiger charge is -2.40. The summed E-state index contributed by atoms with van der Waals surface area (Å²) in [6.45, 7) is 9.98. The Morgan fingerprint density at radius 2 is 2.20 bits per heavy atom. The molecule has 2 atom stereocenters. The van der Waals surface area contributed by atoms with Crippen molar-refractivity contribution in [2.45, 2.75) is 32.7 Å². The molecule has 1 aromatic rings. The predicted octanol–water partition coefficient (Wildman–Crippen LogP) is 1.92. The van der Waals surface area contributed by atoms with Gasteiger partial charge < -0.3 is 10.6 Å². The topological polar surface area (TPSA) is 49.6 Å². The van der Waals surface area contributed by atoms with Crippen LogP contribution in [0.2, 0.25) is 0 Å². The molecule has 1 aromatic carbocycles. The summed E-state index contributed by atoms with van der Waals surface area (Å²) >= 11 is 0. The van der Waals surface area contributed by atoms with Gasteiger partial charge in [0, 0.05) is 31.4 Å². The van der Waals surface area contributed by atoms with Crippen LogP contribution in [0.5, 0.6) is 0 Å². The van der Waals surface area contributed by atoms with E-state index in [4.69, 9.17) is 5.73 Å². The van der Waals surface area contributed by atoms with Gasteiger partial charge in [-0.2, -0.15) is 0 Å². The molecule has 2 rings (SSSR count). The van der Waals surface area contributed by atoms with Gasteiger partial charge in [-0.15, -0.1) is 0 Å². The number of amides is 1. The summed E-state index contributed by atoms with van der Waals surface area (Å²) in [6, 6.07) is 8.07. The lowest BCUT2D eigenvalue weighted by molar-refractivity contribution is -0.135. The van der Waals surface area contributed by atoms with Gasteiger partial charge in [0.05, 0.1) is 5.92 Å². The average Bonchev–Trinajstić information content (AvgIpc) is 2.45. The predicted molar refractivity (Wildman–Crippen MR) is 82.6 cm³/mol. The van der Waals surface area contributed by atoms with E-state index in [0.29, 0.717) is 11.7 Å². The van der Waals surface area contributed by atoms with E-state index in [9.17, 15) is 4.79 Å². The van der Waals surface area contributed by atoms with Crippen molar-refractivity contribution < 1.29 is 4.79 Å². The number of piperazine rings is 1. The highest BCUT2D eigenvalue weighted by molar-refractivity contribution is 5.83. The highest BCUT2D eigenvalue weighted by Crippen LogP contribution is 2.21. The van der Waals surface area contributed by atoms with Gasteiger partial charge >= 0.3 is 0 Å². The first-order chi connectivity index (χ1) is 9.52. The van der Waals surface area contributed by atoms with Crippen LogP contribution in [0.1, 0.15) is 32.3 Å². The maximum Gasteiger partial charge on any atom is 0.229 e. The first-order valence-corrected chi connectivity index (χ1v) is 7.41. The number of benzene rings is 1. The lowest BCUT2D eigenvalue weighted by Crippen LogP contribution is -2.54. The Kier molecular flexibility index (Phi) is 4.65. The number of carbonyl (C=O) groups excluding carboxylic acids is 1. The number of hydrogen-bond donors (Lipinski definition) is 1. The van der Waals surface area contributed by atoms with E-state index in [-0.39, 0.29) is 11.8 Å². The Morgan fingerprint density at radius 1 is 1.45 bits per heavy atom. The fourth-order valence-electron chi connectivity index (χ4n) is 2.91. The molecule has 0 radical (unpaired) electrons. The number of hydrogen-bond acceptors (Lipinski definition) is 3. The van der Waals surface area contributed by atoms with Gasteiger partial charge in [0.15, 0.2) is 0 Å². The van der Waals surface area contributed by atoms with E-state index >= 15 is 0 Å². The second-order valence-corrected chi connectivity index (χ2v) is 5.65. The van der Waals surface area contributed by atoms with Crippen molar-refractivity contribution >= 4 is 11.6 Å². The number of anilines is 1. The molecular weight excluding hydrogens is 250 g/mol. The van der Waals surface area contributed by atoms with Crippen LogP contribution < -0.4 is 5.73 Å². The molecule has 0 saturated carbocycles. The van der Waals surface area contributed by atoms with Gasteiger partial charge in [0.25, 0.3) is 0 Å². The molecule has 1 amide bonds. The molecule has 0 aromatic heterocycles. The van der Waals surface area contributed by atoms with Crippen molar-refractivity contribution in [2.75, 3.05) is 31.9 Å². The van der Waals surface area contributed by atoms with E-state index in [1.807, 2.05) is 36.1 Å². The SMILES string of the molecule is CCN1CCN(C(=O)C(C)c2cccc(N)c2)CC1C. The third-order valence-electron chi connectivity index (χ3n) is 4.26. The summed E-state index contributed by atoms with van der Waals surface area (Å²) in [5, 5.41) is 0. The maximum atomic E-state index is 12.6. The minimum absolute atomic E-state index is 0.126. The average molecular weight is 275 g/mol. The Bertz CT molecular complexity index is 475. The van der Waals surface area contributed by atoms with Gasteiger partial charge in [-0.05, 0) is 38.1 Å². The van der Waals surface area contributed by atoms with Crippen LogP contribution in [0.4, 0.5) is 5.69 Å². The van der Waals surface area contributed by atoms with Gasteiger partial charge in [0.1, 0.15) is 0 Å². The zero-order valence-electron chi connectivity index (χ0n) is 12.7. The number of nitrogens with two attached hydrogens (primary N) is 1. The lowest BCUT2D eigenvalue weighted by atomic mass is 9.98. The van der Waals surface area contributed by atoms with Crippen molar-refractivity contribution in [2.24, 2.45) is 0 Å². The maximum absolute atomic E-state index is 12.6. The molecule has 0 spiro atoms. The second-order valence-electron chi connectivity index (χ2n) is 5.65. The van der Waals surface area contributed by atoms with Crippen LogP contribution >= 0.6 is 0 Å². The molecule has 1 aliphatic heterocycles. The van der Waals surface area contributed by atoms with Crippen molar-refractivity contribution in [3.63, 3.8) is 0 Å². The largest absolute Gasteiger partial charge is 0.399 e. The van der Waals surface area contributed by atoms with Crippen LogP contribution in [0, 0.1) is 0 Å². The number of nitrogens with zero attached hydrogens (tertiary/aromatic N) is 2. The number of rotatable bonds is 3. The molecule has 1 fully saturated rings. The van der Waals surface area contributed by atoms with Gasteiger partial charge in [-0.3, -0.25) is 9.69 Å². The van der Waals surface area contributed by atoms with Crippen LogP contribution in [0.3, 0.4) is 0 Å². The van der Waals surface area contributed by atoms with Crippen molar-refractivity contribution in [1.29, 1.82) is 0 Å². The Morgan fingerprint density at radius 3 is 2.80 bits per heavy atom. The van der Waals surface area contributed by atoms with E-state index in [0.717, 1.165) is 31.7 Å². The molecule has 4 nitrogen and oxygen atoms in total. The molecule has 2 N–H and O–H groups in total. The molecule has 2 unspecified atom stereocenters.